The van der Waals surface area contributed by atoms with Gasteiger partial charge in [-0.1, -0.05) is 29.8 Å². The predicted molar refractivity (Wildman–Crippen MR) is 121 cm³/mol. The summed E-state index contributed by atoms with van der Waals surface area (Å²) in [6, 6.07) is 16.4. The van der Waals surface area contributed by atoms with Crippen LogP contribution in [-0.2, 0) is 6.54 Å². The van der Waals surface area contributed by atoms with E-state index in [9.17, 15) is 9.59 Å². The van der Waals surface area contributed by atoms with E-state index in [0.29, 0.717) is 27.0 Å². The molecule has 4 aromatic rings. The van der Waals surface area contributed by atoms with E-state index in [1.165, 1.54) is 22.7 Å². The molecule has 0 atom stereocenters. The number of para-hydroxylation sites is 1. The largest absolute Gasteiger partial charge is 0.398 e. The first-order valence-electron chi connectivity index (χ1n) is 8.67. The Bertz CT molecular complexity index is 1250. The molecule has 0 aliphatic rings. The lowest BCUT2D eigenvalue weighted by molar-refractivity contribution is 0.0953. The molecule has 0 aliphatic carbocycles. The third-order valence-electron chi connectivity index (χ3n) is 4.46. The molecule has 0 saturated heterocycles. The van der Waals surface area contributed by atoms with Crippen LogP contribution in [-0.4, -0.2) is 11.8 Å². The molecule has 0 spiro atoms. The topological polar surface area (TPSA) is 98.2 Å². The van der Waals surface area contributed by atoms with Crippen LogP contribution in [0, 0.1) is 0 Å². The van der Waals surface area contributed by atoms with E-state index in [0.717, 1.165) is 26.1 Å². The monoisotopic (exact) mass is 441 g/mol. The van der Waals surface area contributed by atoms with Crippen molar-refractivity contribution in [1.82, 2.24) is 5.32 Å². The van der Waals surface area contributed by atoms with Gasteiger partial charge in [0, 0.05) is 37.8 Å². The number of anilines is 1. The van der Waals surface area contributed by atoms with Crippen molar-refractivity contribution in [2.45, 2.75) is 6.54 Å². The van der Waals surface area contributed by atoms with Crippen LogP contribution in [0.3, 0.4) is 0 Å². The van der Waals surface area contributed by atoms with E-state index >= 15 is 0 Å². The Balaban J connectivity index is 1.62. The van der Waals surface area contributed by atoms with Crippen LogP contribution in [0.1, 0.15) is 24.9 Å². The highest BCUT2D eigenvalue weighted by atomic mass is 35.5. The number of benzene rings is 2. The first-order chi connectivity index (χ1) is 13.9. The molecule has 4 rings (SSSR count). The summed E-state index contributed by atoms with van der Waals surface area (Å²) in [5, 5.41) is 4.29. The summed E-state index contributed by atoms with van der Waals surface area (Å²) >= 11 is 9.12. The maximum atomic E-state index is 12.6. The number of halogens is 1. The number of fused-ring (bicyclic) bond motifs is 1. The lowest BCUT2D eigenvalue weighted by atomic mass is 10.1. The van der Waals surface area contributed by atoms with Gasteiger partial charge in [-0.3, -0.25) is 9.59 Å². The number of carbonyl (C=O) groups excluding carboxylic acids is 2. The first-order valence-corrected chi connectivity index (χ1v) is 10.7. The fourth-order valence-corrected chi connectivity index (χ4v) is 5.25. The highest BCUT2D eigenvalue weighted by Gasteiger charge is 2.17. The van der Waals surface area contributed by atoms with Gasteiger partial charge in [0.15, 0.2) is 0 Å². The summed E-state index contributed by atoms with van der Waals surface area (Å²) in [4.78, 5) is 26.0. The molecule has 0 unspecified atom stereocenters. The first kappa shape index (κ1) is 19.4. The molecule has 146 valence electrons. The normalized spacial score (nSPS) is 10.9. The number of hydrogen-bond donors (Lipinski definition) is 3. The molecule has 0 fully saturated rings. The van der Waals surface area contributed by atoms with Crippen molar-refractivity contribution in [3.8, 4) is 10.4 Å². The average Bonchev–Trinajstić information content (AvgIpc) is 3.34. The van der Waals surface area contributed by atoms with Gasteiger partial charge in [-0.05, 0) is 42.0 Å². The van der Waals surface area contributed by atoms with Gasteiger partial charge in [-0.2, -0.15) is 0 Å². The minimum Gasteiger partial charge on any atom is -0.398 e. The Morgan fingerprint density at radius 3 is 2.55 bits per heavy atom. The zero-order chi connectivity index (χ0) is 20.5. The number of carbonyl (C=O) groups is 2. The van der Waals surface area contributed by atoms with Gasteiger partial charge in [-0.25, -0.2) is 0 Å². The molecule has 0 aliphatic heterocycles. The standard InChI is InChI=1S/C21H16ClN3O2S2/c22-13-5-6-15-12(9-18(28-15)20(24)26)19(13)16-7-8-17(29-16)21(27)25-10-11-3-1-2-4-14(11)23/h1-9H,10,23H2,(H2,24,26)(H,25,27). The number of nitrogen functional groups attached to an aromatic ring is 1. The van der Waals surface area contributed by atoms with Gasteiger partial charge in [-0.15, -0.1) is 22.7 Å². The van der Waals surface area contributed by atoms with Crippen molar-refractivity contribution in [3.63, 3.8) is 0 Å². The SMILES string of the molecule is NC(=O)c1cc2c(-c3ccc(C(=O)NCc4ccccc4N)s3)c(Cl)ccc2s1. The number of amides is 2. The molecule has 2 aromatic carbocycles. The maximum absolute atomic E-state index is 12.6. The minimum absolute atomic E-state index is 0.184. The van der Waals surface area contributed by atoms with Crippen LogP contribution in [0.15, 0.2) is 54.6 Å². The zero-order valence-electron chi connectivity index (χ0n) is 15.1. The van der Waals surface area contributed by atoms with Crippen molar-refractivity contribution in [3.05, 3.63) is 74.9 Å². The average molecular weight is 442 g/mol. The van der Waals surface area contributed by atoms with Gasteiger partial charge in [0.25, 0.3) is 11.8 Å². The second-order valence-electron chi connectivity index (χ2n) is 6.35. The van der Waals surface area contributed by atoms with Crippen molar-refractivity contribution >= 4 is 61.9 Å². The molecule has 0 saturated carbocycles. The molecule has 0 bridgehead atoms. The summed E-state index contributed by atoms with van der Waals surface area (Å²) in [5.41, 5.74) is 13.6. The zero-order valence-corrected chi connectivity index (χ0v) is 17.5. The second kappa shape index (κ2) is 7.87. The van der Waals surface area contributed by atoms with Crippen molar-refractivity contribution < 1.29 is 9.59 Å². The molecule has 2 amide bonds. The second-order valence-corrected chi connectivity index (χ2v) is 8.93. The lowest BCUT2D eigenvalue weighted by Crippen LogP contribution is -2.22. The Kier molecular flexibility index (Phi) is 5.27. The van der Waals surface area contributed by atoms with Crippen LogP contribution in [0.25, 0.3) is 20.5 Å². The van der Waals surface area contributed by atoms with Gasteiger partial charge in [0.1, 0.15) is 0 Å². The van der Waals surface area contributed by atoms with Crippen molar-refractivity contribution in [2.24, 2.45) is 5.73 Å². The number of rotatable bonds is 5. The summed E-state index contributed by atoms with van der Waals surface area (Å²) in [5.74, 6) is -0.657. The quantitative estimate of drug-likeness (QED) is 0.384. The molecule has 29 heavy (non-hydrogen) atoms. The highest BCUT2D eigenvalue weighted by molar-refractivity contribution is 7.21. The van der Waals surface area contributed by atoms with Crippen LogP contribution >= 0.6 is 34.3 Å². The van der Waals surface area contributed by atoms with Crippen LogP contribution in [0.4, 0.5) is 5.69 Å². The van der Waals surface area contributed by atoms with Gasteiger partial charge >= 0.3 is 0 Å². The van der Waals surface area contributed by atoms with E-state index in [4.69, 9.17) is 23.1 Å². The summed E-state index contributed by atoms with van der Waals surface area (Å²) < 4.78 is 0.914. The number of nitrogens with one attached hydrogen (secondary N) is 1. The number of thiophene rings is 2. The molecular formula is C21H16ClN3O2S2. The highest BCUT2D eigenvalue weighted by Crippen LogP contribution is 2.41. The van der Waals surface area contributed by atoms with Gasteiger partial charge in [0.05, 0.1) is 9.75 Å². The Morgan fingerprint density at radius 2 is 1.79 bits per heavy atom. The van der Waals surface area contributed by atoms with Crippen molar-refractivity contribution in [2.75, 3.05) is 5.73 Å². The molecule has 2 aromatic heterocycles. The summed E-state index contributed by atoms with van der Waals surface area (Å²) in [6.07, 6.45) is 0. The van der Waals surface area contributed by atoms with Crippen LogP contribution in [0.2, 0.25) is 5.02 Å². The van der Waals surface area contributed by atoms with Crippen LogP contribution in [0.5, 0.6) is 0 Å². The number of hydrogen-bond acceptors (Lipinski definition) is 5. The molecule has 8 heteroatoms. The number of primary amides is 1. The van der Waals surface area contributed by atoms with E-state index in [1.54, 1.807) is 24.3 Å². The molecule has 0 radical (unpaired) electrons. The molecule has 2 heterocycles. The summed E-state index contributed by atoms with van der Waals surface area (Å²) in [7, 11) is 0. The number of nitrogens with two attached hydrogens (primary N) is 2. The Morgan fingerprint density at radius 1 is 1.00 bits per heavy atom. The van der Waals surface area contributed by atoms with E-state index in [2.05, 4.69) is 5.32 Å². The summed E-state index contributed by atoms with van der Waals surface area (Å²) in [6.45, 7) is 0.349. The maximum Gasteiger partial charge on any atom is 0.261 e. The van der Waals surface area contributed by atoms with Crippen LogP contribution < -0.4 is 16.8 Å². The van der Waals surface area contributed by atoms with E-state index < -0.39 is 5.91 Å². The third-order valence-corrected chi connectivity index (χ3v) is 6.99. The minimum atomic E-state index is -0.472. The van der Waals surface area contributed by atoms with Crippen molar-refractivity contribution in [1.29, 1.82) is 0 Å². The van der Waals surface area contributed by atoms with Gasteiger partial charge < -0.3 is 16.8 Å². The Hall–Kier alpha value is -2.87. The fraction of sp³-hybridized carbons (Fsp3) is 0.0476. The lowest BCUT2D eigenvalue weighted by Gasteiger charge is -2.06. The molecule has 5 N–H and O–H groups in total. The third kappa shape index (κ3) is 3.85. The van der Waals surface area contributed by atoms with Gasteiger partial charge in [0.2, 0.25) is 0 Å². The Labute approximate surface area is 179 Å². The molecule has 5 nitrogen and oxygen atoms in total. The van der Waals surface area contributed by atoms with E-state index in [1.807, 2.05) is 30.3 Å². The molecular weight excluding hydrogens is 426 g/mol. The van der Waals surface area contributed by atoms with E-state index in [-0.39, 0.29) is 5.91 Å². The smallest absolute Gasteiger partial charge is 0.261 e. The predicted octanol–water partition coefficient (Wildman–Crippen LogP) is 4.89. The fourth-order valence-electron chi connectivity index (χ4n) is 3.01.